The highest BCUT2D eigenvalue weighted by Gasteiger charge is 2.28. The van der Waals surface area contributed by atoms with Crippen LogP contribution >= 0.6 is 0 Å². The van der Waals surface area contributed by atoms with Crippen molar-refractivity contribution in [2.45, 2.75) is 104 Å². The van der Waals surface area contributed by atoms with Crippen molar-refractivity contribution < 1.29 is 23.9 Å². The van der Waals surface area contributed by atoms with E-state index in [1.807, 2.05) is 6.92 Å². The number of amides is 2. The van der Waals surface area contributed by atoms with Crippen LogP contribution in [-0.4, -0.2) is 54.7 Å². The molecular weight excluding hydrogens is 384 g/mol. The highest BCUT2D eigenvalue weighted by Crippen LogP contribution is 2.26. The molecule has 1 rings (SSSR count). The van der Waals surface area contributed by atoms with Crippen molar-refractivity contribution in [2.75, 3.05) is 20.2 Å². The van der Waals surface area contributed by atoms with Gasteiger partial charge in [0.05, 0.1) is 13.5 Å². The van der Waals surface area contributed by atoms with Crippen LogP contribution in [0.5, 0.6) is 0 Å². The molecule has 7 heteroatoms. The SMILES string of the molecule is CCCC[C@H](NC(=O)OC(C)(C)C)C(=O)N(CCC(=O)OC)CCC1CCCCC1. The van der Waals surface area contributed by atoms with Crippen LogP contribution < -0.4 is 5.32 Å². The average Bonchev–Trinajstić information content (AvgIpc) is 2.69. The minimum Gasteiger partial charge on any atom is -0.469 e. The molecule has 0 aromatic carbocycles. The summed E-state index contributed by atoms with van der Waals surface area (Å²) in [5.74, 6) is 0.143. The smallest absolute Gasteiger partial charge is 0.408 e. The first-order valence-corrected chi connectivity index (χ1v) is 11.5. The van der Waals surface area contributed by atoms with Gasteiger partial charge in [0.2, 0.25) is 5.91 Å². The number of hydrogen-bond acceptors (Lipinski definition) is 5. The lowest BCUT2D eigenvalue weighted by molar-refractivity contribution is -0.142. The summed E-state index contributed by atoms with van der Waals surface area (Å²) < 4.78 is 10.1. The van der Waals surface area contributed by atoms with E-state index in [0.717, 1.165) is 19.3 Å². The summed E-state index contributed by atoms with van der Waals surface area (Å²) in [5.41, 5.74) is -0.631. The number of alkyl carbamates (subject to hydrolysis) is 1. The molecule has 0 bridgehead atoms. The summed E-state index contributed by atoms with van der Waals surface area (Å²) in [7, 11) is 1.35. The van der Waals surface area contributed by atoms with Gasteiger partial charge in [-0.25, -0.2) is 4.79 Å². The largest absolute Gasteiger partial charge is 0.469 e. The number of unbranched alkanes of at least 4 members (excludes halogenated alkanes) is 1. The number of ether oxygens (including phenoxy) is 2. The number of nitrogens with one attached hydrogen (secondary N) is 1. The predicted octanol–water partition coefficient (Wildman–Crippen LogP) is 4.43. The number of carbonyl (C=O) groups excluding carboxylic acids is 3. The molecule has 1 fully saturated rings. The van der Waals surface area contributed by atoms with Crippen LogP contribution in [0, 0.1) is 5.92 Å². The molecule has 1 aliphatic carbocycles. The Hall–Kier alpha value is -1.79. The summed E-state index contributed by atoms with van der Waals surface area (Å²) in [4.78, 5) is 39.0. The zero-order valence-electron chi connectivity index (χ0n) is 19.6. The molecule has 1 atom stereocenters. The topological polar surface area (TPSA) is 84.9 Å². The molecule has 0 unspecified atom stereocenters. The minimum atomic E-state index is -0.649. The van der Waals surface area contributed by atoms with Crippen molar-refractivity contribution in [3.05, 3.63) is 0 Å². The summed E-state index contributed by atoms with van der Waals surface area (Å²) in [6, 6.07) is -0.649. The van der Waals surface area contributed by atoms with Crippen molar-refractivity contribution >= 4 is 18.0 Å². The maximum Gasteiger partial charge on any atom is 0.408 e. The van der Waals surface area contributed by atoms with Gasteiger partial charge < -0.3 is 19.7 Å². The molecule has 0 aromatic rings. The molecular formula is C23H42N2O5. The lowest BCUT2D eigenvalue weighted by Gasteiger charge is -2.30. The van der Waals surface area contributed by atoms with Gasteiger partial charge in [-0.05, 0) is 39.5 Å². The van der Waals surface area contributed by atoms with Crippen LogP contribution in [0.1, 0.15) is 91.9 Å². The van der Waals surface area contributed by atoms with Crippen LogP contribution in [0.25, 0.3) is 0 Å². The third-order valence-corrected chi connectivity index (χ3v) is 5.49. The van der Waals surface area contributed by atoms with Gasteiger partial charge in [0.1, 0.15) is 11.6 Å². The Kier molecular flexibility index (Phi) is 11.8. The second kappa shape index (κ2) is 13.5. The fourth-order valence-electron chi connectivity index (χ4n) is 3.81. The van der Waals surface area contributed by atoms with E-state index in [2.05, 4.69) is 5.32 Å². The lowest BCUT2D eigenvalue weighted by Crippen LogP contribution is -2.50. The molecule has 0 saturated heterocycles. The van der Waals surface area contributed by atoms with E-state index >= 15 is 0 Å². The van der Waals surface area contributed by atoms with E-state index < -0.39 is 17.7 Å². The molecule has 0 radical (unpaired) electrons. The number of nitrogens with zero attached hydrogens (tertiary/aromatic N) is 1. The van der Waals surface area contributed by atoms with Crippen molar-refractivity contribution in [2.24, 2.45) is 5.92 Å². The second-order valence-corrected chi connectivity index (χ2v) is 9.29. The van der Waals surface area contributed by atoms with Crippen LogP contribution in [0.2, 0.25) is 0 Å². The van der Waals surface area contributed by atoms with Gasteiger partial charge >= 0.3 is 12.1 Å². The summed E-state index contributed by atoms with van der Waals surface area (Å²) in [5, 5.41) is 2.76. The maximum absolute atomic E-state index is 13.3. The Morgan fingerprint density at radius 3 is 2.33 bits per heavy atom. The predicted molar refractivity (Wildman–Crippen MR) is 117 cm³/mol. The molecule has 0 aliphatic heterocycles. The number of rotatable bonds is 11. The molecule has 7 nitrogen and oxygen atoms in total. The zero-order chi connectivity index (χ0) is 22.6. The number of carbonyl (C=O) groups is 3. The van der Waals surface area contributed by atoms with Crippen molar-refractivity contribution in [3.63, 3.8) is 0 Å². The first-order valence-electron chi connectivity index (χ1n) is 11.5. The normalized spacial score (nSPS) is 15.9. The standard InChI is InChI=1S/C23H42N2O5/c1-6-7-13-19(24-22(28)30-23(2,3)4)21(27)25(17-15-20(26)29-5)16-14-18-11-9-8-10-12-18/h18-19H,6-17H2,1-5H3,(H,24,28)/t19-/m0/s1. The van der Waals surface area contributed by atoms with E-state index in [1.54, 1.807) is 25.7 Å². The Balaban J connectivity index is 2.82. The average molecular weight is 427 g/mol. The van der Waals surface area contributed by atoms with E-state index in [-0.39, 0.29) is 18.3 Å². The summed E-state index contributed by atoms with van der Waals surface area (Å²) in [6.07, 6.45) is 8.98. The fraction of sp³-hybridized carbons (Fsp3) is 0.870. The summed E-state index contributed by atoms with van der Waals surface area (Å²) in [6.45, 7) is 8.33. The zero-order valence-corrected chi connectivity index (χ0v) is 19.6. The van der Waals surface area contributed by atoms with Crippen LogP contribution in [-0.2, 0) is 19.1 Å². The molecule has 1 saturated carbocycles. The van der Waals surface area contributed by atoms with Gasteiger partial charge in [-0.1, -0.05) is 51.9 Å². The highest BCUT2D eigenvalue weighted by molar-refractivity contribution is 5.86. The molecule has 0 spiro atoms. The van der Waals surface area contributed by atoms with Crippen LogP contribution in [0.15, 0.2) is 0 Å². The molecule has 2 amide bonds. The van der Waals surface area contributed by atoms with Gasteiger partial charge in [-0.2, -0.15) is 0 Å². The van der Waals surface area contributed by atoms with Gasteiger partial charge in [0.25, 0.3) is 0 Å². The number of hydrogen-bond donors (Lipinski definition) is 1. The first kappa shape index (κ1) is 26.2. The monoisotopic (exact) mass is 426 g/mol. The van der Waals surface area contributed by atoms with Gasteiger partial charge in [0.15, 0.2) is 0 Å². The fourth-order valence-corrected chi connectivity index (χ4v) is 3.81. The van der Waals surface area contributed by atoms with Gasteiger partial charge in [-0.15, -0.1) is 0 Å². The van der Waals surface area contributed by atoms with Crippen LogP contribution in [0.4, 0.5) is 4.79 Å². The van der Waals surface area contributed by atoms with E-state index in [0.29, 0.717) is 25.4 Å². The number of esters is 1. The Bertz CT molecular complexity index is 538. The lowest BCUT2D eigenvalue weighted by atomic mass is 9.87. The third kappa shape index (κ3) is 10.8. The Morgan fingerprint density at radius 2 is 1.77 bits per heavy atom. The van der Waals surface area contributed by atoms with Gasteiger partial charge in [-0.3, -0.25) is 9.59 Å². The van der Waals surface area contributed by atoms with E-state index in [9.17, 15) is 14.4 Å². The molecule has 0 heterocycles. The quantitative estimate of drug-likeness (QED) is 0.494. The van der Waals surface area contributed by atoms with Crippen molar-refractivity contribution in [3.8, 4) is 0 Å². The van der Waals surface area contributed by atoms with Gasteiger partial charge in [0, 0.05) is 13.1 Å². The van der Waals surface area contributed by atoms with E-state index in [1.165, 1.54) is 39.2 Å². The maximum atomic E-state index is 13.3. The Labute approximate surface area is 182 Å². The third-order valence-electron chi connectivity index (χ3n) is 5.49. The minimum absolute atomic E-state index is 0.144. The van der Waals surface area contributed by atoms with Crippen molar-refractivity contribution in [1.29, 1.82) is 0 Å². The number of methoxy groups -OCH3 is 1. The van der Waals surface area contributed by atoms with Crippen LogP contribution in [0.3, 0.4) is 0 Å². The molecule has 1 aliphatic rings. The van der Waals surface area contributed by atoms with E-state index in [4.69, 9.17) is 9.47 Å². The Morgan fingerprint density at radius 1 is 1.10 bits per heavy atom. The molecule has 1 N–H and O–H groups in total. The first-order chi connectivity index (χ1) is 14.2. The molecule has 0 aromatic heterocycles. The second-order valence-electron chi connectivity index (χ2n) is 9.29. The molecule has 174 valence electrons. The highest BCUT2D eigenvalue weighted by atomic mass is 16.6. The van der Waals surface area contributed by atoms with Crippen molar-refractivity contribution in [1.82, 2.24) is 10.2 Å². The molecule has 30 heavy (non-hydrogen) atoms. The summed E-state index contributed by atoms with van der Waals surface area (Å²) >= 11 is 0.